The molecule has 16 heavy (non-hydrogen) atoms. The Hall–Kier alpha value is -1.19. The number of piperidine rings is 1. The molecular formula is C13H18N2O. The summed E-state index contributed by atoms with van der Waals surface area (Å²) in [5.41, 5.74) is 2.09. The highest BCUT2D eigenvalue weighted by atomic mass is 16.5. The number of pyridine rings is 1. The predicted octanol–water partition coefficient (Wildman–Crippen LogP) is 1.95. The van der Waals surface area contributed by atoms with Gasteiger partial charge in [-0.2, -0.15) is 0 Å². The monoisotopic (exact) mass is 218 g/mol. The number of hydrogen-bond donors (Lipinski definition) is 1. The van der Waals surface area contributed by atoms with Gasteiger partial charge in [0.2, 0.25) is 0 Å². The summed E-state index contributed by atoms with van der Waals surface area (Å²) in [5.74, 6) is 0. The molecule has 0 saturated carbocycles. The molecule has 0 bridgehead atoms. The molecule has 1 aromatic heterocycles. The highest BCUT2D eigenvalue weighted by Gasteiger charge is 2.35. The van der Waals surface area contributed by atoms with E-state index in [4.69, 9.17) is 4.74 Å². The molecule has 3 heteroatoms. The first-order chi connectivity index (χ1) is 7.82. The average molecular weight is 218 g/mol. The van der Waals surface area contributed by atoms with E-state index >= 15 is 0 Å². The van der Waals surface area contributed by atoms with Crippen LogP contribution in [0.2, 0.25) is 0 Å². The number of aromatic nitrogens is 1. The lowest BCUT2D eigenvalue weighted by Crippen LogP contribution is -2.41. The third-order valence-electron chi connectivity index (χ3n) is 3.37. The molecular weight excluding hydrogens is 200 g/mol. The summed E-state index contributed by atoms with van der Waals surface area (Å²) in [7, 11) is 1.78. The molecule has 0 radical (unpaired) electrons. The van der Waals surface area contributed by atoms with Crippen molar-refractivity contribution in [2.75, 3.05) is 20.2 Å². The van der Waals surface area contributed by atoms with Gasteiger partial charge in [-0.25, -0.2) is 0 Å². The maximum atomic E-state index is 5.78. The third-order valence-corrected chi connectivity index (χ3v) is 3.37. The van der Waals surface area contributed by atoms with Gasteiger partial charge in [0, 0.05) is 25.1 Å². The van der Waals surface area contributed by atoms with Gasteiger partial charge in [0.05, 0.1) is 5.60 Å². The number of nitrogens with one attached hydrogen (secondary N) is 1. The zero-order chi connectivity index (χ0) is 11.4. The minimum Gasteiger partial charge on any atom is -0.373 e. The Labute approximate surface area is 96.5 Å². The number of methoxy groups -OCH3 is 1. The van der Waals surface area contributed by atoms with E-state index in [0.29, 0.717) is 0 Å². The predicted molar refractivity (Wildman–Crippen MR) is 65.1 cm³/mol. The van der Waals surface area contributed by atoms with Gasteiger partial charge in [-0.3, -0.25) is 4.98 Å². The van der Waals surface area contributed by atoms with Crippen molar-refractivity contribution in [1.82, 2.24) is 10.3 Å². The van der Waals surface area contributed by atoms with Gasteiger partial charge < -0.3 is 10.1 Å². The van der Waals surface area contributed by atoms with Crippen molar-refractivity contribution in [3.05, 3.63) is 36.2 Å². The molecule has 2 rings (SSSR count). The molecule has 1 aliphatic heterocycles. The molecule has 3 nitrogen and oxygen atoms in total. The normalized spacial score (nSPS) is 19.3. The van der Waals surface area contributed by atoms with E-state index in [1.165, 1.54) is 0 Å². The van der Waals surface area contributed by atoms with Crippen molar-refractivity contribution >= 4 is 6.08 Å². The van der Waals surface area contributed by atoms with E-state index in [-0.39, 0.29) is 5.60 Å². The first-order valence-electron chi connectivity index (χ1n) is 5.65. The fourth-order valence-electron chi connectivity index (χ4n) is 2.38. The molecule has 0 amide bonds. The van der Waals surface area contributed by atoms with Gasteiger partial charge in [-0.05, 0) is 37.6 Å². The second kappa shape index (κ2) is 4.76. The van der Waals surface area contributed by atoms with Crippen molar-refractivity contribution < 1.29 is 4.74 Å². The van der Waals surface area contributed by atoms with Crippen molar-refractivity contribution in [2.45, 2.75) is 18.4 Å². The lowest BCUT2D eigenvalue weighted by atomic mass is 9.83. The minimum absolute atomic E-state index is 0.191. The summed E-state index contributed by atoms with van der Waals surface area (Å²) in [6.45, 7) is 5.82. The Morgan fingerprint density at radius 2 is 2.25 bits per heavy atom. The number of hydrogen-bond acceptors (Lipinski definition) is 3. The summed E-state index contributed by atoms with van der Waals surface area (Å²) < 4.78 is 5.78. The standard InChI is InChI=1S/C13H18N2O/c1-3-11-4-7-15-10-12(11)13(16-2)5-8-14-9-6-13/h3-4,7,10,14H,1,5-6,8-9H2,2H3. The smallest absolute Gasteiger partial charge is 0.0972 e. The SMILES string of the molecule is C=Cc1ccncc1C1(OC)CCNCC1. The van der Waals surface area contributed by atoms with Crippen LogP contribution in [0.5, 0.6) is 0 Å². The van der Waals surface area contributed by atoms with Crippen LogP contribution in [0.1, 0.15) is 24.0 Å². The van der Waals surface area contributed by atoms with Crippen LogP contribution in [-0.2, 0) is 10.3 Å². The van der Waals surface area contributed by atoms with Crippen LogP contribution < -0.4 is 5.32 Å². The Balaban J connectivity index is 2.42. The Morgan fingerprint density at radius 3 is 2.88 bits per heavy atom. The van der Waals surface area contributed by atoms with Crippen LogP contribution in [0.25, 0.3) is 6.08 Å². The van der Waals surface area contributed by atoms with Crippen molar-refractivity contribution in [1.29, 1.82) is 0 Å². The van der Waals surface area contributed by atoms with Gasteiger partial charge in [0.1, 0.15) is 0 Å². The fourth-order valence-corrected chi connectivity index (χ4v) is 2.38. The topological polar surface area (TPSA) is 34.1 Å². The Kier molecular flexibility index (Phi) is 3.36. The molecule has 2 heterocycles. The van der Waals surface area contributed by atoms with E-state index in [0.717, 1.165) is 37.1 Å². The van der Waals surface area contributed by atoms with Gasteiger partial charge in [-0.15, -0.1) is 0 Å². The quantitative estimate of drug-likeness (QED) is 0.842. The average Bonchev–Trinajstić information content (AvgIpc) is 2.39. The number of nitrogens with zero attached hydrogens (tertiary/aromatic N) is 1. The second-order valence-corrected chi connectivity index (χ2v) is 4.12. The van der Waals surface area contributed by atoms with Gasteiger partial charge in [-0.1, -0.05) is 12.7 Å². The summed E-state index contributed by atoms with van der Waals surface area (Å²) in [5, 5.41) is 3.35. The van der Waals surface area contributed by atoms with Crippen LogP contribution in [0.4, 0.5) is 0 Å². The van der Waals surface area contributed by atoms with Crippen LogP contribution in [0.15, 0.2) is 25.0 Å². The fraction of sp³-hybridized carbons (Fsp3) is 0.462. The number of rotatable bonds is 3. The molecule has 1 fully saturated rings. The molecule has 0 spiro atoms. The zero-order valence-corrected chi connectivity index (χ0v) is 9.70. The molecule has 0 atom stereocenters. The minimum atomic E-state index is -0.191. The van der Waals surface area contributed by atoms with Gasteiger partial charge >= 0.3 is 0 Å². The summed E-state index contributed by atoms with van der Waals surface area (Å²) in [4.78, 5) is 4.21. The Morgan fingerprint density at radius 1 is 1.50 bits per heavy atom. The van der Waals surface area contributed by atoms with Crippen molar-refractivity contribution in [3.8, 4) is 0 Å². The first-order valence-corrected chi connectivity index (χ1v) is 5.65. The second-order valence-electron chi connectivity index (χ2n) is 4.12. The zero-order valence-electron chi connectivity index (χ0n) is 9.70. The lowest BCUT2D eigenvalue weighted by Gasteiger charge is -2.37. The largest absolute Gasteiger partial charge is 0.373 e. The number of ether oxygens (including phenoxy) is 1. The maximum absolute atomic E-state index is 5.78. The first kappa shape index (κ1) is 11.3. The van der Waals surface area contributed by atoms with E-state index in [1.807, 2.05) is 18.3 Å². The molecule has 0 aliphatic carbocycles. The summed E-state index contributed by atoms with van der Waals surface area (Å²) in [6, 6.07) is 1.99. The van der Waals surface area contributed by atoms with Crippen LogP contribution in [0, 0.1) is 0 Å². The molecule has 0 aromatic carbocycles. The van der Waals surface area contributed by atoms with E-state index in [2.05, 4.69) is 16.9 Å². The van der Waals surface area contributed by atoms with Crippen LogP contribution in [0.3, 0.4) is 0 Å². The van der Waals surface area contributed by atoms with E-state index < -0.39 is 0 Å². The highest BCUT2D eigenvalue weighted by Crippen LogP contribution is 2.35. The third kappa shape index (κ3) is 1.88. The van der Waals surface area contributed by atoms with Gasteiger partial charge in [0.15, 0.2) is 0 Å². The Bertz CT molecular complexity index is 370. The van der Waals surface area contributed by atoms with Crippen LogP contribution in [-0.4, -0.2) is 25.2 Å². The van der Waals surface area contributed by atoms with E-state index in [9.17, 15) is 0 Å². The highest BCUT2D eigenvalue weighted by molar-refractivity contribution is 5.52. The van der Waals surface area contributed by atoms with Crippen molar-refractivity contribution in [3.63, 3.8) is 0 Å². The van der Waals surface area contributed by atoms with E-state index in [1.54, 1.807) is 13.3 Å². The molecule has 1 aliphatic rings. The molecule has 1 N–H and O–H groups in total. The lowest BCUT2D eigenvalue weighted by molar-refractivity contribution is -0.0395. The molecule has 1 aromatic rings. The summed E-state index contributed by atoms with van der Waals surface area (Å²) >= 11 is 0. The molecule has 1 saturated heterocycles. The van der Waals surface area contributed by atoms with Gasteiger partial charge in [0.25, 0.3) is 0 Å². The molecule has 86 valence electrons. The van der Waals surface area contributed by atoms with Crippen molar-refractivity contribution in [2.24, 2.45) is 0 Å². The maximum Gasteiger partial charge on any atom is 0.0972 e. The van der Waals surface area contributed by atoms with Crippen LogP contribution >= 0.6 is 0 Å². The molecule has 0 unspecified atom stereocenters. The summed E-state index contributed by atoms with van der Waals surface area (Å²) in [6.07, 6.45) is 7.54.